The molecule has 0 saturated carbocycles. The van der Waals surface area contributed by atoms with Crippen LogP contribution in [0.1, 0.15) is 50.2 Å². The molecule has 0 aliphatic carbocycles. The average Bonchev–Trinajstić information content (AvgIpc) is 3.16. The third kappa shape index (κ3) is 9.97. The van der Waals surface area contributed by atoms with Gasteiger partial charge >= 0.3 is 17.9 Å². The predicted molar refractivity (Wildman–Crippen MR) is 194 cm³/mol. The zero-order valence-corrected chi connectivity index (χ0v) is 28.9. The van der Waals surface area contributed by atoms with Gasteiger partial charge in [0.25, 0.3) is 5.91 Å². The van der Waals surface area contributed by atoms with E-state index in [-0.39, 0.29) is 30.6 Å². The van der Waals surface area contributed by atoms with Crippen LogP contribution >= 0.6 is 0 Å². The van der Waals surface area contributed by atoms with Gasteiger partial charge in [-0.2, -0.15) is 0 Å². The standard InChI is InChI=1S/C41H33F3N2O8/c1-3-37(47)52-16-4-15-51-31-11-9-26-19-28(8-7-27(26)20-31)41(50)54-36-13-10-30(17-24(36)2)46-40(49)33-12-5-25(18-29(33)23-45)6-14-38(48)53-32-21-34(42)39(44)35(43)22-32/h3,5,7-13,17-23,45H,1,4,6,14-16H2,2H3,(H,46,49). The van der Waals surface area contributed by atoms with Crippen molar-refractivity contribution in [3.05, 3.63) is 143 Å². The molecule has 0 fully saturated rings. The Morgan fingerprint density at radius 1 is 0.815 bits per heavy atom. The number of esters is 3. The van der Waals surface area contributed by atoms with Crippen LogP contribution in [0.3, 0.4) is 0 Å². The van der Waals surface area contributed by atoms with Gasteiger partial charge in [-0.15, -0.1) is 0 Å². The van der Waals surface area contributed by atoms with Crippen LogP contribution < -0.4 is 19.5 Å². The number of halogens is 3. The Labute approximate surface area is 307 Å². The molecule has 0 aromatic heterocycles. The quantitative estimate of drug-likeness (QED) is 0.0275. The zero-order valence-electron chi connectivity index (χ0n) is 28.9. The lowest BCUT2D eigenvalue weighted by molar-refractivity contribution is -0.138. The molecular formula is C41H33F3N2O8. The van der Waals surface area contributed by atoms with Gasteiger partial charge in [-0.3, -0.25) is 9.59 Å². The Morgan fingerprint density at radius 2 is 1.56 bits per heavy atom. The molecule has 10 nitrogen and oxygen atoms in total. The van der Waals surface area contributed by atoms with E-state index >= 15 is 0 Å². The molecule has 0 heterocycles. The molecule has 1 amide bonds. The first-order valence-electron chi connectivity index (χ1n) is 16.5. The van der Waals surface area contributed by atoms with E-state index in [2.05, 4.69) is 11.9 Å². The molecule has 13 heteroatoms. The summed E-state index contributed by atoms with van der Waals surface area (Å²) in [5.41, 5.74) is 2.35. The van der Waals surface area contributed by atoms with Crippen LogP contribution in [-0.2, 0) is 20.7 Å². The Balaban J connectivity index is 1.15. The lowest BCUT2D eigenvalue weighted by atomic mass is 10.0. The van der Waals surface area contributed by atoms with Crippen LogP contribution in [0.25, 0.3) is 10.8 Å². The SMILES string of the molecule is C=CC(=O)OCCCOc1ccc2cc(C(=O)Oc3ccc(NC(=O)c4ccc(CCC(=O)Oc5cc(F)c(F)c(F)c5)cc4C=N)cc3C)ccc2c1. The summed E-state index contributed by atoms with van der Waals surface area (Å²) in [7, 11) is 0. The third-order valence-corrected chi connectivity index (χ3v) is 7.97. The summed E-state index contributed by atoms with van der Waals surface area (Å²) in [5.74, 6) is -6.60. The van der Waals surface area contributed by atoms with E-state index in [1.54, 1.807) is 61.5 Å². The molecule has 0 aliphatic rings. The van der Waals surface area contributed by atoms with Crippen molar-refractivity contribution < 1.29 is 51.3 Å². The van der Waals surface area contributed by atoms with Gasteiger partial charge in [-0.25, -0.2) is 22.8 Å². The third-order valence-electron chi connectivity index (χ3n) is 7.97. The number of benzene rings is 5. The maximum absolute atomic E-state index is 13.4. The maximum Gasteiger partial charge on any atom is 0.343 e. The highest BCUT2D eigenvalue weighted by Crippen LogP contribution is 2.27. The van der Waals surface area contributed by atoms with E-state index in [4.69, 9.17) is 24.4 Å². The number of anilines is 1. The van der Waals surface area contributed by atoms with Gasteiger partial charge in [0, 0.05) is 54.1 Å². The first kappa shape index (κ1) is 38.5. The fourth-order valence-corrected chi connectivity index (χ4v) is 5.23. The molecule has 5 aromatic rings. The topological polar surface area (TPSA) is 141 Å². The van der Waals surface area contributed by atoms with Crippen molar-refractivity contribution in [1.82, 2.24) is 0 Å². The fraction of sp³-hybridized carbons (Fsp3) is 0.146. The van der Waals surface area contributed by atoms with Crippen LogP contribution in [0.2, 0.25) is 0 Å². The zero-order chi connectivity index (χ0) is 38.8. The van der Waals surface area contributed by atoms with Crippen LogP contribution in [0.4, 0.5) is 18.9 Å². The number of carbonyl (C=O) groups excluding carboxylic acids is 4. The first-order valence-corrected chi connectivity index (χ1v) is 16.5. The minimum absolute atomic E-state index is 0.126. The number of hydrogen-bond acceptors (Lipinski definition) is 9. The minimum atomic E-state index is -1.67. The van der Waals surface area contributed by atoms with Crippen molar-refractivity contribution in [3.63, 3.8) is 0 Å². The number of nitrogens with one attached hydrogen (secondary N) is 2. The van der Waals surface area contributed by atoms with Crippen LogP contribution in [-0.4, -0.2) is 43.2 Å². The number of amides is 1. The lowest BCUT2D eigenvalue weighted by Gasteiger charge is -2.12. The highest BCUT2D eigenvalue weighted by molar-refractivity contribution is 6.09. The summed E-state index contributed by atoms with van der Waals surface area (Å²) in [6.07, 6.45) is 2.53. The number of carbonyl (C=O) groups is 4. The van der Waals surface area contributed by atoms with Crippen molar-refractivity contribution in [3.8, 4) is 17.2 Å². The molecule has 0 atom stereocenters. The Bertz CT molecular complexity index is 2250. The van der Waals surface area contributed by atoms with Crippen LogP contribution in [0.5, 0.6) is 17.2 Å². The van der Waals surface area contributed by atoms with E-state index in [1.165, 1.54) is 6.07 Å². The predicted octanol–water partition coefficient (Wildman–Crippen LogP) is 8.07. The monoisotopic (exact) mass is 738 g/mol. The minimum Gasteiger partial charge on any atom is -0.493 e. The maximum atomic E-state index is 13.4. The van der Waals surface area contributed by atoms with E-state index < -0.39 is 47.0 Å². The van der Waals surface area contributed by atoms with Crippen molar-refractivity contribution in [1.29, 1.82) is 5.41 Å². The number of rotatable bonds is 15. The van der Waals surface area contributed by atoms with E-state index in [1.807, 2.05) is 12.1 Å². The summed E-state index contributed by atoms with van der Waals surface area (Å²) in [6.45, 7) is 5.63. The van der Waals surface area contributed by atoms with Crippen molar-refractivity contribution in [2.24, 2.45) is 0 Å². The van der Waals surface area contributed by atoms with Gasteiger partial charge in [0.2, 0.25) is 0 Å². The molecule has 276 valence electrons. The van der Waals surface area contributed by atoms with Crippen molar-refractivity contribution in [2.75, 3.05) is 18.5 Å². The smallest absolute Gasteiger partial charge is 0.343 e. The average molecular weight is 739 g/mol. The molecular weight excluding hydrogens is 705 g/mol. The molecule has 5 rings (SSSR count). The van der Waals surface area contributed by atoms with E-state index in [0.29, 0.717) is 59.0 Å². The van der Waals surface area contributed by atoms with Gasteiger partial charge < -0.3 is 29.7 Å². The van der Waals surface area contributed by atoms with Crippen molar-refractivity contribution in [2.45, 2.75) is 26.2 Å². The Morgan fingerprint density at radius 3 is 2.28 bits per heavy atom. The Hall–Kier alpha value is -6.76. The highest BCUT2D eigenvalue weighted by Gasteiger charge is 2.17. The number of hydrogen-bond donors (Lipinski definition) is 2. The largest absolute Gasteiger partial charge is 0.493 e. The van der Waals surface area contributed by atoms with Gasteiger partial charge in [0.05, 0.1) is 18.8 Å². The van der Waals surface area contributed by atoms with Crippen LogP contribution in [0.15, 0.2) is 97.6 Å². The number of aryl methyl sites for hydroxylation is 2. The second-order valence-corrected chi connectivity index (χ2v) is 11.9. The molecule has 0 spiro atoms. The van der Waals surface area contributed by atoms with Crippen LogP contribution in [0, 0.1) is 29.8 Å². The lowest BCUT2D eigenvalue weighted by Crippen LogP contribution is -2.15. The fourth-order valence-electron chi connectivity index (χ4n) is 5.23. The summed E-state index contributed by atoms with van der Waals surface area (Å²) < 4.78 is 61.2. The molecule has 2 N–H and O–H groups in total. The van der Waals surface area contributed by atoms with Gasteiger partial charge in [-0.05, 0) is 89.8 Å². The summed E-state index contributed by atoms with van der Waals surface area (Å²) in [5, 5.41) is 12.2. The van der Waals surface area contributed by atoms with Crippen molar-refractivity contribution >= 4 is 46.5 Å². The molecule has 0 aliphatic heterocycles. The highest BCUT2D eigenvalue weighted by atomic mass is 19.2. The molecule has 54 heavy (non-hydrogen) atoms. The van der Waals surface area contributed by atoms with E-state index in [9.17, 15) is 32.3 Å². The second-order valence-electron chi connectivity index (χ2n) is 11.9. The normalized spacial score (nSPS) is 10.7. The summed E-state index contributed by atoms with van der Waals surface area (Å²) >= 11 is 0. The number of fused-ring (bicyclic) bond motifs is 1. The first-order chi connectivity index (χ1) is 25.9. The summed E-state index contributed by atoms with van der Waals surface area (Å²) in [6, 6.07) is 21.1. The molecule has 0 saturated heterocycles. The Kier molecular flexibility index (Phi) is 12.6. The van der Waals surface area contributed by atoms with Gasteiger partial charge in [0.1, 0.15) is 17.2 Å². The summed E-state index contributed by atoms with van der Waals surface area (Å²) in [4.78, 5) is 49.5. The van der Waals surface area contributed by atoms with Gasteiger partial charge in [0.15, 0.2) is 17.5 Å². The molecule has 0 radical (unpaired) electrons. The molecule has 0 bridgehead atoms. The number of ether oxygens (including phenoxy) is 4. The second kappa shape index (κ2) is 17.6. The molecule has 5 aromatic carbocycles. The van der Waals surface area contributed by atoms with Gasteiger partial charge in [-0.1, -0.05) is 24.8 Å². The van der Waals surface area contributed by atoms with E-state index in [0.717, 1.165) is 23.1 Å². The molecule has 0 unspecified atom stereocenters.